The molecule has 0 spiro atoms. The number of hydrogen-bond donors (Lipinski definition) is 1. The summed E-state index contributed by atoms with van der Waals surface area (Å²) in [5, 5.41) is 2.36. The molecule has 0 radical (unpaired) electrons. The van der Waals surface area contributed by atoms with Crippen molar-refractivity contribution in [1.82, 2.24) is 0 Å². The highest BCUT2D eigenvalue weighted by Crippen LogP contribution is 2.15. The lowest BCUT2D eigenvalue weighted by Crippen LogP contribution is -2.13. The van der Waals surface area contributed by atoms with E-state index in [9.17, 15) is 18.4 Å². The van der Waals surface area contributed by atoms with Gasteiger partial charge in [0.25, 0.3) is 0 Å². The highest BCUT2D eigenvalue weighted by atomic mass is 19.1. The van der Waals surface area contributed by atoms with E-state index in [0.29, 0.717) is 18.1 Å². The Morgan fingerprint density at radius 2 is 1.68 bits per heavy atom. The Kier molecular flexibility index (Phi) is 5.36. The largest absolute Gasteiger partial charge is 0.324 e. The van der Waals surface area contributed by atoms with Gasteiger partial charge in [-0.3, -0.25) is 9.59 Å². The third-order valence-electron chi connectivity index (χ3n) is 3.11. The standard InChI is InChI=1S/C17H15F2NO2/c18-13-9-10-15(14(19)11-13)20-17(22)8-4-7-16(21)12-5-2-1-3-6-12/h1-3,5-6,9-11H,4,7-8H2,(H,20,22). The molecular weight excluding hydrogens is 288 g/mol. The van der Waals surface area contributed by atoms with Gasteiger partial charge in [0.05, 0.1) is 5.69 Å². The van der Waals surface area contributed by atoms with Crippen molar-refractivity contribution < 1.29 is 18.4 Å². The van der Waals surface area contributed by atoms with Crippen molar-refractivity contribution in [3.63, 3.8) is 0 Å². The van der Waals surface area contributed by atoms with Crippen LogP contribution in [0.3, 0.4) is 0 Å². The Morgan fingerprint density at radius 3 is 2.36 bits per heavy atom. The van der Waals surface area contributed by atoms with Gasteiger partial charge in [-0.25, -0.2) is 8.78 Å². The summed E-state index contributed by atoms with van der Waals surface area (Å²) in [6.07, 6.45) is 0.696. The first-order valence-electron chi connectivity index (χ1n) is 6.89. The van der Waals surface area contributed by atoms with E-state index in [2.05, 4.69) is 5.32 Å². The molecular formula is C17H15F2NO2. The quantitative estimate of drug-likeness (QED) is 0.821. The molecule has 2 aromatic carbocycles. The lowest BCUT2D eigenvalue weighted by Gasteiger charge is -2.06. The molecule has 5 heteroatoms. The summed E-state index contributed by atoms with van der Waals surface area (Å²) >= 11 is 0. The third kappa shape index (κ3) is 4.48. The summed E-state index contributed by atoms with van der Waals surface area (Å²) in [7, 11) is 0. The minimum Gasteiger partial charge on any atom is -0.324 e. The second kappa shape index (κ2) is 7.45. The molecule has 3 nitrogen and oxygen atoms in total. The minimum atomic E-state index is -0.825. The molecule has 0 aliphatic rings. The van der Waals surface area contributed by atoms with Gasteiger partial charge < -0.3 is 5.32 Å². The van der Waals surface area contributed by atoms with Crippen LogP contribution in [-0.2, 0) is 4.79 Å². The number of carbonyl (C=O) groups is 2. The van der Waals surface area contributed by atoms with Crippen molar-refractivity contribution in [2.45, 2.75) is 19.3 Å². The topological polar surface area (TPSA) is 46.2 Å². The average Bonchev–Trinajstić information content (AvgIpc) is 2.51. The smallest absolute Gasteiger partial charge is 0.224 e. The zero-order valence-corrected chi connectivity index (χ0v) is 11.8. The van der Waals surface area contributed by atoms with E-state index in [4.69, 9.17) is 0 Å². The fraction of sp³-hybridized carbons (Fsp3) is 0.176. The first-order valence-corrected chi connectivity index (χ1v) is 6.89. The Morgan fingerprint density at radius 1 is 0.955 bits per heavy atom. The third-order valence-corrected chi connectivity index (χ3v) is 3.11. The van der Waals surface area contributed by atoms with Crippen LogP contribution in [0.4, 0.5) is 14.5 Å². The van der Waals surface area contributed by atoms with Crippen LogP contribution in [0.5, 0.6) is 0 Å². The Hall–Kier alpha value is -2.56. The van der Waals surface area contributed by atoms with Gasteiger partial charge in [-0.2, -0.15) is 0 Å². The van der Waals surface area contributed by atoms with E-state index in [1.165, 1.54) is 0 Å². The monoisotopic (exact) mass is 303 g/mol. The van der Waals surface area contributed by atoms with E-state index in [-0.39, 0.29) is 24.3 Å². The van der Waals surface area contributed by atoms with Crippen LogP contribution in [0.15, 0.2) is 48.5 Å². The molecule has 0 aromatic heterocycles. The van der Waals surface area contributed by atoms with Crippen LogP contribution in [0, 0.1) is 11.6 Å². The summed E-state index contributed by atoms with van der Waals surface area (Å²) in [5.41, 5.74) is 0.535. The van der Waals surface area contributed by atoms with Crippen LogP contribution in [-0.4, -0.2) is 11.7 Å². The fourth-order valence-corrected chi connectivity index (χ4v) is 1.98. The minimum absolute atomic E-state index is 0.0404. The van der Waals surface area contributed by atoms with Crippen molar-refractivity contribution in [3.05, 3.63) is 65.7 Å². The van der Waals surface area contributed by atoms with Gasteiger partial charge in [0.1, 0.15) is 11.6 Å². The second-order valence-electron chi connectivity index (χ2n) is 4.82. The zero-order chi connectivity index (χ0) is 15.9. The summed E-state index contributed by atoms with van der Waals surface area (Å²) in [5.74, 6) is -1.98. The van der Waals surface area contributed by atoms with E-state index in [1.54, 1.807) is 24.3 Å². The molecule has 0 aliphatic heterocycles. The van der Waals surface area contributed by atoms with Gasteiger partial charge in [0.15, 0.2) is 5.78 Å². The van der Waals surface area contributed by atoms with Gasteiger partial charge in [-0.1, -0.05) is 30.3 Å². The number of carbonyl (C=O) groups excluding carboxylic acids is 2. The van der Waals surface area contributed by atoms with Crippen molar-refractivity contribution in [3.8, 4) is 0 Å². The van der Waals surface area contributed by atoms with Gasteiger partial charge >= 0.3 is 0 Å². The predicted octanol–water partition coefficient (Wildman–Crippen LogP) is 3.96. The van der Waals surface area contributed by atoms with E-state index < -0.39 is 17.5 Å². The maximum Gasteiger partial charge on any atom is 0.224 e. The van der Waals surface area contributed by atoms with Crippen LogP contribution in [0.2, 0.25) is 0 Å². The number of Topliss-reactive ketones (excluding diaryl/α,β-unsaturated/α-hetero) is 1. The van der Waals surface area contributed by atoms with Crippen LogP contribution >= 0.6 is 0 Å². The number of halogens is 2. The molecule has 2 aromatic rings. The Balaban J connectivity index is 1.80. The van der Waals surface area contributed by atoms with Crippen molar-refractivity contribution in [1.29, 1.82) is 0 Å². The fourth-order valence-electron chi connectivity index (χ4n) is 1.98. The SMILES string of the molecule is O=C(CCCC(=O)c1ccccc1)Nc1ccc(F)cc1F. The molecule has 0 heterocycles. The summed E-state index contributed by atoms with van der Waals surface area (Å²) in [6, 6.07) is 11.7. The molecule has 0 saturated carbocycles. The number of nitrogens with one attached hydrogen (secondary N) is 1. The lowest BCUT2D eigenvalue weighted by molar-refractivity contribution is -0.116. The van der Waals surface area contributed by atoms with Gasteiger partial charge in [-0.05, 0) is 18.6 Å². The van der Waals surface area contributed by atoms with E-state index in [0.717, 1.165) is 12.1 Å². The summed E-state index contributed by atoms with van der Waals surface area (Å²) < 4.78 is 26.1. The highest BCUT2D eigenvalue weighted by Gasteiger charge is 2.10. The molecule has 1 N–H and O–H groups in total. The normalized spacial score (nSPS) is 10.3. The first kappa shape index (κ1) is 15.8. The van der Waals surface area contributed by atoms with E-state index in [1.807, 2.05) is 6.07 Å². The molecule has 1 amide bonds. The molecule has 0 atom stereocenters. The number of ketones is 1. The molecule has 0 bridgehead atoms. The van der Waals surface area contributed by atoms with Crippen molar-refractivity contribution in [2.24, 2.45) is 0 Å². The van der Waals surface area contributed by atoms with Crippen molar-refractivity contribution in [2.75, 3.05) is 5.32 Å². The number of rotatable bonds is 6. The summed E-state index contributed by atoms with van der Waals surface area (Å²) in [6.45, 7) is 0. The second-order valence-corrected chi connectivity index (χ2v) is 4.82. The predicted molar refractivity (Wildman–Crippen MR) is 79.6 cm³/mol. The first-order chi connectivity index (χ1) is 10.6. The molecule has 0 saturated heterocycles. The Labute approximate surface area is 127 Å². The van der Waals surface area contributed by atoms with Crippen LogP contribution in [0.25, 0.3) is 0 Å². The maximum atomic E-state index is 13.4. The highest BCUT2D eigenvalue weighted by molar-refractivity contribution is 5.96. The number of amides is 1. The number of hydrogen-bond acceptors (Lipinski definition) is 2. The van der Waals surface area contributed by atoms with Crippen molar-refractivity contribution >= 4 is 17.4 Å². The number of anilines is 1. The molecule has 0 aliphatic carbocycles. The Bertz CT molecular complexity index is 672. The van der Waals surface area contributed by atoms with Crippen LogP contribution < -0.4 is 5.32 Å². The maximum absolute atomic E-state index is 13.4. The molecule has 114 valence electrons. The summed E-state index contributed by atoms with van der Waals surface area (Å²) in [4.78, 5) is 23.5. The zero-order valence-electron chi connectivity index (χ0n) is 11.8. The molecule has 2 rings (SSSR count). The number of benzene rings is 2. The molecule has 0 fully saturated rings. The van der Waals surface area contributed by atoms with Gasteiger partial charge in [0.2, 0.25) is 5.91 Å². The molecule has 22 heavy (non-hydrogen) atoms. The van der Waals surface area contributed by atoms with E-state index >= 15 is 0 Å². The average molecular weight is 303 g/mol. The van der Waals surface area contributed by atoms with Gasteiger partial charge in [0, 0.05) is 24.5 Å². The molecule has 0 unspecified atom stereocenters. The lowest BCUT2D eigenvalue weighted by atomic mass is 10.1. The van der Waals surface area contributed by atoms with Gasteiger partial charge in [-0.15, -0.1) is 0 Å². The van der Waals surface area contributed by atoms with Crippen LogP contribution in [0.1, 0.15) is 29.6 Å².